The summed E-state index contributed by atoms with van der Waals surface area (Å²) in [5, 5.41) is 3.82. The van der Waals surface area contributed by atoms with Gasteiger partial charge in [-0.3, -0.25) is 4.90 Å². The Bertz CT molecular complexity index is 312. The molecule has 1 saturated carbocycles. The first-order chi connectivity index (χ1) is 9.51. The Morgan fingerprint density at radius 2 is 2.00 bits per heavy atom. The van der Waals surface area contributed by atoms with E-state index in [1.165, 1.54) is 32.5 Å². The summed E-state index contributed by atoms with van der Waals surface area (Å²) >= 11 is 0. The minimum absolute atomic E-state index is 0.315. The Hall–Kier alpha value is -0.160. The third kappa shape index (κ3) is 3.19. The fourth-order valence-corrected chi connectivity index (χ4v) is 3.67. The van der Waals surface area contributed by atoms with Crippen LogP contribution in [0, 0.1) is 5.41 Å². The summed E-state index contributed by atoms with van der Waals surface area (Å²) in [7, 11) is 4.48. The molecular weight excluding hydrogens is 250 g/mol. The van der Waals surface area contributed by atoms with Gasteiger partial charge in [0.05, 0.1) is 6.10 Å². The minimum atomic E-state index is 0.315. The summed E-state index contributed by atoms with van der Waals surface area (Å²) in [6.07, 6.45) is 2.81. The van der Waals surface area contributed by atoms with Gasteiger partial charge in [0.15, 0.2) is 0 Å². The summed E-state index contributed by atoms with van der Waals surface area (Å²) in [4.78, 5) is 4.93. The fraction of sp³-hybridized carbons (Fsp3) is 1.00. The van der Waals surface area contributed by atoms with E-state index in [0.717, 1.165) is 13.2 Å². The maximum absolute atomic E-state index is 5.89. The third-order valence-corrected chi connectivity index (χ3v) is 5.69. The van der Waals surface area contributed by atoms with Gasteiger partial charge in [-0.15, -0.1) is 0 Å². The van der Waals surface area contributed by atoms with Crippen molar-refractivity contribution in [2.24, 2.45) is 5.41 Å². The highest BCUT2D eigenvalue weighted by molar-refractivity contribution is 5.05. The molecule has 2 aliphatic rings. The zero-order valence-corrected chi connectivity index (χ0v) is 14.0. The van der Waals surface area contributed by atoms with Crippen molar-refractivity contribution in [3.63, 3.8) is 0 Å². The lowest BCUT2D eigenvalue weighted by molar-refractivity contribution is -0.126. The Balaban J connectivity index is 1.82. The van der Waals surface area contributed by atoms with E-state index in [9.17, 15) is 0 Å². The van der Waals surface area contributed by atoms with Crippen LogP contribution in [-0.2, 0) is 4.74 Å². The van der Waals surface area contributed by atoms with Crippen molar-refractivity contribution in [2.75, 3.05) is 46.9 Å². The van der Waals surface area contributed by atoms with Crippen LogP contribution in [0.25, 0.3) is 0 Å². The molecule has 1 N–H and O–H groups in total. The first kappa shape index (κ1) is 16.2. The number of rotatable bonds is 6. The predicted octanol–water partition coefficient (Wildman–Crippen LogP) is 1.42. The molecule has 4 unspecified atom stereocenters. The van der Waals surface area contributed by atoms with E-state index in [1.807, 2.05) is 0 Å². The predicted molar refractivity (Wildman–Crippen MR) is 84.1 cm³/mol. The quantitative estimate of drug-likeness (QED) is 0.798. The van der Waals surface area contributed by atoms with Gasteiger partial charge in [0.25, 0.3) is 0 Å². The number of nitrogens with one attached hydrogen (secondary N) is 1. The molecule has 1 saturated heterocycles. The lowest BCUT2D eigenvalue weighted by Crippen LogP contribution is -2.64. The molecule has 0 aromatic carbocycles. The maximum atomic E-state index is 5.89. The van der Waals surface area contributed by atoms with Gasteiger partial charge in [-0.05, 0) is 33.9 Å². The first-order valence-corrected chi connectivity index (χ1v) is 8.25. The van der Waals surface area contributed by atoms with Crippen molar-refractivity contribution in [1.29, 1.82) is 0 Å². The summed E-state index contributed by atoms with van der Waals surface area (Å²) in [5.41, 5.74) is 0.315. The molecule has 2 rings (SSSR count). The first-order valence-electron chi connectivity index (χ1n) is 8.25. The second-order valence-electron chi connectivity index (χ2n) is 6.90. The van der Waals surface area contributed by atoms with E-state index < -0.39 is 0 Å². The molecule has 4 nitrogen and oxygen atoms in total. The molecule has 0 bridgehead atoms. The van der Waals surface area contributed by atoms with Crippen molar-refractivity contribution >= 4 is 0 Å². The van der Waals surface area contributed by atoms with E-state index in [0.29, 0.717) is 23.6 Å². The van der Waals surface area contributed by atoms with Gasteiger partial charge >= 0.3 is 0 Å². The molecule has 0 spiro atoms. The highest BCUT2D eigenvalue weighted by atomic mass is 16.5. The van der Waals surface area contributed by atoms with E-state index >= 15 is 0 Å². The van der Waals surface area contributed by atoms with Crippen LogP contribution in [0.2, 0.25) is 0 Å². The normalized spacial score (nSPS) is 39.8. The number of nitrogens with zero attached hydrogens (tertiary/aromatic N) is 2. The number of likely N-dealkylation sites (N-methyl/N-ethyl adjacent to an activating group) is 2. The Morgan fingerprint density at radius 3 is 2.65 bits per heavy atom. The second-order valence-corrected chi connectivity index (χ2v) is 6.90. The van der Waals surface area contributed by atoms with E-state index in [2.05, 4.69) is 50.0 Å². The number of ether oxygens (including phenoxy) is 1. The standard InChI is InChI=1S/C16H33N3O/c1-6-16(3)14(10-15(16)20-7-2)17-11-13-12-18(4)8-9-19(13)5/h13-15,17H,6-12H2,1-5H3. The van der Waals surface area contributed by atoms with Crippen LogP contribution < -0.4 is 5.32 Å². The number of hydrogen-bond donors (Lipinski definition) is 1. The zero-order chi connectivity index (χ0) is 14.8. The smallest absolute Gasteiger partial charge is 0.0658 e. The van der Waals surface area contributed by atoms with Crippen LogP contribution >= 0.6 is 0 Å². The molecule has 4 heteroatoms. The fourth-order valence-electron chi connectivity index (χ4n) is 3.67. The zero-order valence-electron chi connectivity index (χ0n) is 14.0. The molecule has 1 aliphatic carbocycles. The van der Waals surface area contributed by atoms with Gasteiger partial charge in [-0.2, -0.15) is 0 Å². The van der Waals surface area contributed by atoms with Crippen molar-refractivity contribution in [1.82, 2.24) is 15.1 Å². The molecule has 2 fully saturated rings. The molecule has 118 valence electrons. The van der Waals surface area contributed by atoms with Crippen LogP contribution in [-0.4, -0.2) is 74.9 Å². The number of hydrogen-bond acceptors (Lipinski definition) is 4. The lowest BCUT2D eigenvalue weighted by Gasteiger charge is -2.54. The van der Waals surface area contributed by atoms with Gasteiger partial charge in [-0.1, -0.05) is 13.8 Å². The van der Waals surface area contributed by atoms with Crippen molar-refractivity contribution in [2.45, 2.75) is 51.8 Å². The molecule has 0 radical (unpaired) electrons. The molecule has 0 amide bonds. The Kier molecular flexibility index (Phi) is 5.46. The molecule has 4 atom stereocenters. The molecule has 0 aromatic rings. The average Bonchev–Trinajstić information content (AvgIpc) is 2.44. The minimum Gasteiger partial charge on any atom is -0.378 e. The summed E-state index contributed by atoms with van der Waals surface area (Å²) in [5.74, 6) is 0. The Morgan fingerprint density at radius 1 is 1.25 bits per heavy atom. The summed E-state index contributed by atoms with van der Waals surface area (Å²) in [6.45, 7) is 12.3. The lowest BCUT2D eigenvalue weighted by atomic mass is 9.61. The van der Waals surface area contributed by atoms with E-state index in [1.54, 1.807) is 0 Å². The van der Waals surface area contributed by atoms with Gasteiger partial charge in [-0.25, -0.2) is 0 Å². The van der Waals surface area contributed by atoms with Gasteiger partial charge in [0.2, 0.25) is 0 Å². The summed E-state index contributed by atoms with van der Waals surface area (Å²) in [6, 6.07) is 1.26. The van der Waals surface area contributed by atoms with Gasteiger partial charge in [0, 0.05) is 50.3 Å². The van der Waals surface area contributed by atoms with Crippen LogP contribution in [0.4, 0.5) is 0 Å². The molecule has 20 heavy (non-hydrogen) atoms. The SMILES string of the molecule is CCOC1CC(NCC2CN(C)CCN2C)C1(C)CC. The molecular formula is C16H33N3O. The van der Waals surface area contributed by atoms with Crippen LogP contribution in [0.5, 0.6) is 0 Å². The van der Waals surface area contributed by atoms with Crippen molar-refractivity contribution < 1.29 is 4.74 Å². The molecule has 0 aromatic heterocycles. The van der Waals surface area contributed by atoms with Gasteiger partial charge in [0.1, 0.15) is 0 Å². The van der Waals surface area contributed by atoms with Crippen LogP contribution in [0.15, 0.2) is 0 Å². The monoisotopic (exact) mass is 283 g/mol. The highest BCUT2D eigenvalue weighted by Crippen LogP contribution is 2.45. The summed E-state index contributed by atoms with van der Waals surface area (Å²) < 4.78 is 5.89. The average molecular weight is 283 g/mol. The van der Waals surface area contributed by atoms with Crippen molar-refractivity contribution in [3.8, 4) is 0 Å². The maximum Gasteiger partial charge on any atom is 0.0658 e. The van der Waals surface area contributed by atoms with Crippen LogP contribution in [0.3, 0.4) is 0 Å². The Labute approximate surface area is 124 Å². The van der Waals surface area contributed by atoms with Crippen molar-refractivity contribution in [3.05, 3.63) is 0 Å². The second kappa shape index (κ2) is 6.73. The van der Waals surface area contributed by atoms with Gasteiger partial charge < -0.3 is 15.0 Å². The molecule has 1 heterocycles. The number of piperazine rings is 1. The van der Waals surface area contributed by atoms with Crippen LogP contribution in [0.1, 0.15) is 33.6 Å². The van der Waals surface area contributed by atoms with E-state index in [-0.39, 0.29) is 0 Å². The highest BCUT2D eigenvalue weighted by Gasteiger charge is 2.50. The van der Waals surface area contributed by atoms with E-state index in [4.69, 9.17) is 4.74 Å². The largest absolute Gasteiger partial charge is 0.378 e. The topological polar surface area (TPSA) is 27.7 Å². The third-order valence-electron chi connectivity index (χ3n) is 5.69. The molecule has 1 aliphatic heterocycles.